The highest BCUT2D eigenvalue weighted by Gasteiger charge is 2.35. The molecule has 0 atom stereocenters. The number of ether oxygens (including phenoxy) is 1. The summed E-state index contributed by atoms with van der Waals surface area (Å²) in [4.78, 5) is 21.7. The first-order chi connectivity index (χ1) is 18.3. The predicted octanol–water partition coefficient (Wildman–Crippen LogP) is 7.40. The zero-order chi connectivity index (χ0) is 27.1. The molecule has 0 aromatic heterocycles. The zero-order valence-electron chi connectivity index (χ0n) is 21.7. The first kappa shape index (κ1) is 27.4. The van der Waals surface area contributed by atoms with Crippen LogP contribution in [0.15, 0.2) is 77.8 Å². The Morgan fingerprint density at radius 2 is 1.68 bits per heavy atom. The van der Waals surface area contributed by atoms with Crippen LogP contribution in [0.25, 0.3) is 0 Å². The summed E-state index contributed by atoms with van der Waals surface area (Å²) in [5, 5.41) is 0. The second-order valence-electron chi connectivity index (χ2n) is 9.38. The summed E-state index contributed by atoms with van der Waals surface area (Å²) in [6.07, 6.45) is 0.0192. The fourth-order valence-corrected chi connectivity index (χ4v) is 4.43. The molecule has 0 saturated carbocycles. The first-order valence-electron chi connectivity index (χ1n) is 12.9. The lowest BCUT2D eigenvalue weighted by atomic mass is 10.1. The number of para-hydroxylation sites is 1. The molecule has 1 amide bonds. The van der Waals surface area contributed by atoms with Crippen LogP contribution >= 0.6 is 0 Å². The van der Waals surface area contributed by atoms with Gasteiger partial charge in [-0.05, 0) is 62.8 Å². The van der Waals surface area contributed by atoms with Crippen molar-refractivity contribution in [2.75, 3.05) is 31.6 Å². The maximum absolute atomic E-state index is 13.5. The summed E-state index contributed by atoms with van der Waals surface area (Å²) >= 11 is 0. The van der Waals surface area contributed by atoms with E-state index in [4.69, 9.17) is 4.74 Å². The van der Waals surface area contributed by atoms with E-state index in [2.05, 4.69) is 23.9 Å². The normalized spacial score (nSPS) is 14.4. The summed E-state index contributed by atoms with van der Waals surface area (Å²) in [5.41, 5.74) is 1.13. The molecule has 8 heteroatoms. The Morgan fingerprint density at radius 3 is 2.47 bits per heavy atom. The van der Waals surface area contributed by atoms with Crippen molar-refractivity contribution in [2.45, 2.75) is 38.8 Å². The largest absolute Gasteiger partial charge is 0.493 e. The number of carbonyl (C=O) groups excluding carboxylic acids is 1. The Bertz CT molecular complexity index is 1290. The van der Waals surface area contributed by atoms with Gasteiger partial charge in [-0.2, -0.15) is 13.2 Å². The average Bonchev–Trinajstić information content (AvgIpc) is 3.17. The van der Waals surface area contributed by atoms with E-state index in [1.807, 2.05) is 18.2 Å². The van der Waals surface area contributed by atoms with Gasteiger partial charge in [0.2, 0.25) is 0 Å². The molecule has 0 fully saturated rings. The first-order valence-corrected chi connectivity index (χ1v) is 12.9. The maximum Gasteiger partial charge on any atom is 0.416 e. The molecule has 3 aromatic carbocycles. The number of alkyl halides is 3. The van der Waals surface area contributed by atoms with E-state index < -0.39 is 17.6 Å². The third kappa shape index (κ3) is 6.61. The molecule has 1 heterocycles. The lowest BCUT2D eigenvalue weighted by Crippen LogP contribution is -2.25. The van der Waals surface area contributed by atoms with Crippen LogP contribution in [0.5, 0.6) is 5.75 Å². The Labute approximate surface area is 221 Å². The van der Waals surface area contributed by atoms with Crippen molar-refractivity contribution in [2.24, 2.45) is 4.99 Å². The minimum atomic E-state index is -4.50. The van der Waals surface area contributed by atoms with Gasteiger partial charge in [0, 0.05) is 18.2 Å². The van der Waals surface area contributed by atoms with Gasteiger partial charge in [-0.15, -0.1) is 0 Å². The number of unbranched alkanes of at least 4 members (excludes halogenated alkanes) is 2. The van der Waals surface area contributed by atoms with Gasteiger partial charge >= 0.3 is 6.18 Å². The third-order valence-corrected chi connectivity index (χ3v) is 6.39. The fraction of sp³-hybridized carbons (Fsp3) is 0.333. The molecule has 0 saturated heterocycles. The number of anilines is 2. The highest BCUT2D eigenvalue weighted by atomic mass is 19.4. The molecule has 38 heavy (non-hydrogen) atoms. The highest BCUT2D eigenvalue weighted by Crippen LogP contribution is 2.38. The number of benzene rings is 3. The summed E-state index contributed by atoms with van der Waals surface area (Å²) in [5.74, 6) is 0.235. The van der Waals surface area contributed by atoms with Crippen LogP contribution in [0.1, 0.15) is 43.7 Å². The Hall–Kier alpha value is -3.65. The molecule has 0 spiro atoms. The number of halogens is 3. The topological polar surface area (TPSA) is 45.1 Å². The van der Waals surface area contributed by atoms with Gasteiger partial charge in [0.25, 0.3) is 5.91 Å². The van der Waals surface area contributed by atoms with Crippen LogP contribution in [-0.2, 0) is 11.0 Å². The number of rotatable bonds is 11. The van der Waals surface area contributed by atoms with Gasteiger partial charge in [0.05, 0.1) is 29.2 Å². The molecule has 0 radical (unpaired) electrons. The minimum absolute atomic E-state index is 0.0663. The molecule has 3 aromatic rings. The van der Waals surface area contributed by atoms with Crippen molar-refractivity contribution in [1.82, 2.24) is 4.90 Å². The van der Waals surface area contributed by atoms with Gasteiger partial charge in [-0.25, -0.2) is 4.99 Å². The molecule has 4 rings (SSSR count). The van der Waals surface area contributed by atoms with E-state index in [0.29, 0.717) is 29.3 Å². The summed E-state index contributed by atoms with van der Waals surface area (Å²) in [6.45, 7) is 4.76. The van der Waals surface area contributed by atoms with E-state index in [1.54, 1.807) is 30.3 Å². The van der Waals surface area contributed by atoms with E-state index >= 15 is 0 Å². The maximum atomic E-state index is 13.5. The highest BCUT2D eigenvalue weighted by molar-refractivity contribution is 6.56. The fourth-order valence-electron chi connectivity index (χ4n) is 4.43. The summed E-state index contributed by atoms with van der Waals surface area (Å²) in [6, 6.07) is 19.1. The van der Waals surface area contributed by atoms with Crippen molar-refractivity contribution in [3.05, 3.63) is 83.9 Å². The molecule has 0 bridgehead atoms. The second-order valence-corrected chi connectivity index (χ2v) is 9.38. The van der Waals surface area contributed by atoms with Gasteiger partial charge in [-0.1, -0.05) is 50.1 Å². The number of aliphatic imine (C=N–C) groups is 1. The molecule has 200 valence electrons. The zero-order valence-corrected chi connectivity index (χ0v) is 21.7. The molecule has 5 nitrogen and oxygen atoms in total. The van der Waals surface area contributed by atoms with Crippen molar-refractivity contribution in [1.29, 1.82) is 0 Å². The number of hydrogen-bond acceptors (Lipinski definition) is 4. The van der Waals surface area contributed by atoms with Gasteiger partial charge in [0.1, 0.15) is 11.5 Å². The lowest BCUT2D eigenvalue weighted by Gasteiger charge is -2.19. The number of fused-ring (bicyclic) bond motifs is 1. The van der Waals surface area contributed by atoms with Crippen molar-refractivity contribution < 1.29 is 22.7 Å². The molecule has 1 aliphatic heterocycles. The monoisotopic (exact) mass is 523 g/mol. The lowest BCUT2D eigenvalue weighted by molar-refractivity contribution is -0.137. The number of hydrogen-bond donors (Lipinski definition) is 0. The van der Waals surface area contributed by atoms with Crippen molar-refractivity contribution in [3.63, 3.8) is 0 Å². The van der Waals surface area contributed by atoms with Gasteiger partial charge in [-0.3, -0.25) is 9.69 Å². The van der Waals surface area contributed by atoms with E-state index in [0.717, 1.165) is 31.6 Å². The van der Waals surface area contributed by atoms with E-state index in [1.165, 1.54) is 36.3 Å². The predicted molar refractivity (Wildman–Crippen MR) is 145 cm³/mol. The Balaban J connectivity index is 1.50. The Morgan fingerprint density at radius 1 is 0.921 bits per heavy atom. The molecule has 0 aliphatic carbocycles. The minimum Gasteiger partial charge on any atom is -0.493 e. The van der Waals surface area contributed by atoms with Crippen LogP contribution in [-0.4, -0.2) is 43.3 Å². The summed E-state index contributed by atoms with van der Waals surface area (Å²) < 4.78 is 45.6. The quantitative estimate of drug-likeness (QED) is 0.246. The number of amides is 1. The van der Waals surface area contributed by atoms with Crippen LogP contribution in [0.2, 0.25) is 0 Å². The third-order valence-electron chi connectivity index (χ3n) is 6.39. The standard InChI is InChI=1S/C30H32F3N3O2/c1-3-4-7-17-35(2)18-10-19-38-25-14-9-13-24(21-25)36-27-16-6-5-15-26(27)28(29(36)37)34-23-12-8-11-22(20-23)30(31,32)33/h5-6,8-9,11-16,20-21H,3-4,7,10,17-19H2,1-2H3. The molecular weight excluding hydrogens is 491 g/mol. The van der Waals surface area contributed by atoms with E-state index in [-0.39, 0.29) is 11.4 Å². The SMILES string of the molecule is CCCCCN(C)CCCOc1cccc(N2C(=O)C(=Nc3cccc(C(F)(F)F)c3)c3ccccc32)c1. The van der Waals surface area contributed by atoms with Crippen molar-refractivity contribution in [3.8, 4) is 5.75 Å². The Kier molecular flexibility index (Phi) is 8.84. The number of carbonyl (C=O) groups is 1. The van der Waals surface area contributed by atoms with Crippen LogP contribution in [0, 0.1) is 0 Å². The van der Waals surface area contributed by atoms with Gasteiger partial charge in [0.15, 0.2) is 0 Å². The second kappa shape index (κ2) is 12.3. The van der Waals surface area contributed by atoms with Crippen LogP contribution in [0.3, 0.4) is 0 Å². The van der Waals surface area contributed by atoms with E-state index in [9.17, 15) is 18.0 Å². The smallest absolute Gasteiger partial charge is 0.416 e. The van der Waals surface area contributed by atoms with Crippen molar-refractivity contribution >= 4 is 28.7 Å². The summed E-state index contributed by atoms with van der Waals surface area (Å²) in [7, 11) is 2.12. The molecular formula is C30H32F3N3O2. The van der Waals surface area contributed by atoms with Gasteiger partial charge < -0.3 is 9.64 Å². The molecule has 1 aliphatic rings. The number of nitrogens with zero attached hydrogens (tertiary/aromatic N) is 3. The average molecular weight is 524 g/mol. The van der Waals surface area contributed by atoms with Crippen LogP contribution < -0.4 is 9.64 Å². The molecule has 0 unspecified atom stereocenters. The van der Waals surface area contributed by atoms with Crippen LogP contribution in [0.4, 0.5) is 30.2 Å². The molecule has 0 N–H and O–H groups in total.